The van der Waals surface area contributed by atoms with Crippen molar-refractivity contribution < 1.29 is 14.1 Å². The molecule has 0 saturated carbocycles. The Morgan fingerprint density at radius 1 is 1.42 bits per heavy atom. The Hall–Kier alpha value is -2.57. The lowest BCUT2D eigenvalue weighted by molar-refractivity contribution is -0.383. The van der Waals surface area contributed by atoms with Crippen molar-refractivity contribution in [2.24, 2.45) is 0 Å². The van der Waals surface area contributed by atoms with Gasteiger partial charge in [0, 0.05) is 31.0 Å². The second-order valence-corrected chi connectivity index (χ2v) is 6.63. The number of ether oxygens (including phenoxy) is 1. The van der Waals surface area contributed by atoms with E-state index >= 15 is 0 Å². The van der Waals surface area contributed by atoms with Gasteiger partial charge in [0.2, 0.25) is 0 Å². The molecule has 2 heterocycles. The highest BCUT2D eigenvalue weighted by Gasteiger charge is 2.28. The number of nitrogens with one attached hydrogen (secondary N) is 1. The standard InChI is InChI=1S/C17H14BrFN4O3/c18-13-9-21-15(12-2-1-10(8-20)7-14(12)19)17(23(24)25)16(13)22-11-3-5-26-6-4-11/h1-2,7,9,11H,3-6H2,(H,21,22). The van der Waals surface area contributed by atoms with E-state index in [2.05, 4.69) is 26.2 Å². The third kappa shape index (κ3) is 3.66. The fourth-order valence-electron chi connectivity index (χ4n) is 2.81. The minimum Gasteiger partial charge on any atom is -0.381 e. The monoisotopic (exact) mass is 420 g/mol. The first-order valence-electron chi connectivity index (χ1n) is 7.88. The molecule has 1 N–H and O–H groups in total. The van der Waals surface area contributed by atoms with E-state index in [0.717, 1.165) is 6.07 Å². The first-order valence-corrected chi connectivity index (χ1v) is 8.67. The van der Waals surface area contributed by atoms with Gasteiger partial charge in [0.15, 0.2) is 5.69 Å². The predicted octanol–water partition coefficient (Wildman–Crippen LogP) is 4.02. The molecular weight excluding hydrogens is 407 g/mol. The quantitative estimate of drug-likeness (QED) is 0.591. The topological polar surface area (TPSA) is 101 Å². The highest BCUT2D eigenvalue weighted by atomic mass is 79.9. The van der Waals surface area contributed by atoms with Crippen molar-refractivity contribution in [3.05, 3.63) is 50.4 Å². The Labute approximate surface area is 157 Å². The maximum Gasteiger partial charge on any atom is 0.319 e. The van der Waals surface area contributed by atoms with Crippen LogP contribution in [0.5, 0.6) is 0 Å². The minimum absolute atomic E-state index is 0.0137. The Kier molecular flexibility index (Phi) is 5.44. The van der Waals surface area contributed by atoms with Crippen LogP contribution in [0.3, 0.4) is 0 Å². The number of aromatic nitrogens is 1. The lowest BCUT2D eigenvalue weighted by Crippen LogP contribution is -2.28. The van der Waals surface area contributed by atoms with Crippen LogP contribution < -0.4 is 5.32 Å². The molecule has 0 aliphatic carbocycles. The van der Waals surface area contributed by atoms with Gasteiger partial charge in [0.25, 0.3) is 0 Å². The van der Waals surface area contributed by atoms with Crippen LogP contribution in [0.4, 0.5) is 15.8 Å². The number of benzene rings is 1. The van der Waals surface area contributed by atoms with Gasteiger partial charge in [-0.3, -0.25) is 10.1 Å². The summed E-state index contributed by atoms with van der Waals surface area (Å²) in [5, 5.41) is 23.8. The average molecular weight is 421 g/mol. The number of nitrogens with zero attached hydrogens (tertiary/aromatic N) is 3. The number of hydrogen-bond donors (Lipinski definition) is 1. The molecule has 0 radical (unpaired) electrons. The smallest absolute Gasteiger partial charge is 0.319 e. The van der Waals surface area contributed by atoms with E-state index in [1.54, 1.807) is 0 Å². The van der Waals surface area contributed by atoms with Crippen LogP contribution in [0.15, 0.2) is 28.9 Å². The molecule has 0 spiro atoms. The van der Waals surface area contributed by atoms with Crippen molar-refractivity contribution in [3.8, 4) is 17.3 Å². The first kappa shape index (κ1) is 18.2. The highest BCUT2D eigenvalue weighted by Crippen LogP contribution is 2.40. The molecule has 7 nitrogen and oxygen atoms in total. The maximum atomic E-state index is 14.4. The molecule has 26 heavy (non-hydrogen) atoms. The molecule has 1 aromatic heterocycles. The molecule has 1 aliphatic heterocycles. The van der Waals surface area contributed by atoms with E-state index in [4.69, 9.17) is 10.00 Å². The molecule has 0 amide bonds. The second-order valence-electron chi connectivity index (χ2n) is 5.77. The van der Waals surface area contributed by atoms with Gasteiger partial charge in [-0.2, -0.15) is 5.26 Å². The number of nitriles is 1. The Morgan fingerprint density at radius 3 is 2.77 bits per heavy atom. The summed E-state index contributed by atoms with van der Waals surface area (Å²) in [5.41, 5.74) is -0.0373. The van der Waals surface area contributed by atoms with Gasteiger partial charge in [-0.1, -0.05) is 0 Å². The van der Waals surface area contributed by atoms with E-state index in [1.807, 2.05) is 6.07 Å². The summed E-state index contributed by atoms with van der Waals surface area (Å²) in [4.78, 5) is 15.2. The summed E-state index contributed by atoms with van der Waals surface area (Å²) in [6, 6.07) is 5.61. The predicted molar refractivity (Wildman–Crippen MR) is 96.2 cm³/mol. The van der Waals surface area contributed by atoms with Crippen molar-refractivity contribution in [1.29, 1.82) is 5.26 Å². The summed E-state index contributed by atoms with van der Waals surface area (Å²) < 4.78 is 20.1. The summed E-state index contributed by atoms with van der Waals surface area (Å²) in [5.74, 6) is -0.737. The molecule has 9 heteroatoms. The third-order valence-electron chi connectivity index (χ3n) is 4.11. The summed E-state index contributed by atoms with van der Waals surface area (Å²) >= 11 is 3.29. The molecule has 3 rings (SSSR count). The zero-order chi connectivity index (χ0) is 18.7. The lowest BCUT2D eigenvalue weighted by atomic mass is 10.0. The van der Waals surface area contributed by atoms with E-state index in [9.17, 15) is 14.5 Å². The Morgan fingerprint density at radius 2 is 2.15 bits per heavy atom. The summed E-state index contributed by atoms with van der Waals surface area (Å²) in [6.45, 7) is 1.15. The average Bonchev–Trinajstić information content (AvgIpc) is 2.64. The van der Waals surface area contributed by atoms with E-state index < -0.39 is 10.7 Å². The fraction of sp³-hybridized carbons (Fsp3) is 0.294. The molecule has 0 unspecified atom stereocenters. The van der Waals surface area contributed by atoms with Crippen LogP contribution in [-0.2, 0) is 4.74 Å². The van der Waals surface area contributed by atoms with Crippen molar-refractivity contribution >= 4 is 27.3 Å². The van der Waals surface area contributed by atoms with Crippen molar-refractivity contribution in [2.45, 2.75) is 18.9 Å². The molecule has 1 saturated heterocycles. The SMILES string of the molecule is N#Cc1ccc(-c2ncc(Br)c(NC3CCOCC3)c2[N+](=O)[O-])c(F)c1. The van der Waals surface area contributed by atoms with Gasteiger partial charge in [-0.05, 0) is 47.0 Å². The number of anilines is 1. The van der Waals surface area contributed by atoms with Gasteiger partial charge in [-0.15, -0.1) is 0 Å². The van der Waals surface area contributed by atoms with Crippen LogP contribution >= 0.6 is 15.9 Å². The van der Waals surface area contributed by atoms with E-state index in [1.165, 1.54) is 18.3 Å². The normalized spacial score (nSPS) is 14.7. The molecule has 134 valence electrons. The van der Waals surface area contributed by atoms with Crippen molar-refractivity contribution in [3.63, 3.8) is 0 Å². The van der Waals surface area contributed by atoms with Gasteiger partial charge >= 0.3 is 5.69 Å². The molecular formula is C17H14BrFN4O3. The van der Waals surface area contributed by atoms with Crippen LogP contribution in [-0.4, -0.2) is 29.2 Å². The number of halogens is 2. The zero-order valence-electron chi connectivity index (χ0n) is 13.5. The van der Waals surface area contributed by atoms with E-state index in [0.29, 0.717) is 30.5 Å². The zero-order valence-corrected chi connectivity index (χ0v) is 15.1. The number of hydrogen-bond acceptors (Lipinski definition) is 6. The minimum atomic E-state index is -0.737. The van der Waals surface area contributed by atoms with E-state index in [-0.39, 0.29) is 34.2 Å². The molecule has 1 fully saturated rings. The van der Waals surface area contributed by atoms with Crippen LogP contribution in [0, 0.1) is 27.3 Å². The summed E-state index contributed by atoms with van der Waals surface area (Å²) in [7, 11) is 0. The molecule has 0 bridgehead atoms. The third-order valence-corrected chi connectivity index (χ3v) is 4.71. The first-order chi connectivity index (χ1) is 12.5. The Balaban J connectivity index is 2.10. The number of rotatable bonds is 4. The van der Waals surface area contributed by atoms with Crippen LogP contribution in [0.2, 0.25) is 0 Å². The molecule has 1 aromatic carbocycles. The van der Waals surface area contributed by atoms with Gasteiger partial charge in [0.05, 0.1) is 21.0 Å². The maximum absolute atomic E-state index is 14.4. The largest absolute Gasteiger partial charge is 0.381 e. The number of nitro groups is 1. The molecule has 2 aromatic rings. The van der Waals surface area contributed by atoms with Crippen molar-refractivity contribution in [2.75, 3.05) is 18.5 Å². The fourth-order valence-corrected chi connectivity index (χ4v) is 3.22. The van der Waals surface area contributed by atoms with Crippen LogP contribution in [0.1, 0.15) is 18.4 Å². The summed E-state index contributed by atoms with van der Waals surface area (Å²) in [6.07, 6.45) is 2.83. The van der Waals surface area contributed by atoms with Gasteiger partial charge in [0.1, 0.15) is 11.5 Å². The number of pyridine rings is 1. The van der Waals surface area contributed by atoms with Gasteiger partial charge in [-0.25, -0.2) is 9.37 Å². The second kappa shape index (κ2) is 7.76. The molecule has 1 aliphatic rings. The van der Waals surface area contributed by atoms with Crippen molar-refractivity contribution in [1.82, 2.24) is 4.98 Å². The van der Waals surface area contributed by atoms with Gasteiger partial charge < -0.3 is 10.1 Å². The Bertz CT molecular complexity index is 894. The van der Waals surface area contributed by atoms with Crippen LogP contribution in [0.25, 0.3) is 11.3 Å². The lowest BCUT2D eigenvalue weighted by Gasteiger charge is -2.24. The molecule has 0 atom stereocenters. The highest BCUT2D eigenvalue weighted by molar-refractivity contribution is 9.10.